The second kappa shape index (κ2) is 4.38. The summed E-state index contributed by atoms with van der Waals surface area (Å²) in [6.45, 7) is 5.87. The van der Waals surface area contributed by atoms with E-state index in [4.69, 9.17) is 0 Å². The molecular formula is C12H21N5. The Morgan fingerprint density at radius 1 is 1.35 bits per heavy atom. The molecule has 17 heavy (non-hydrogen) atoms. The van der Waals surface area contributed by atoms with Crippen molar-refractivity contribution in [3.05, 3.63) is 11.9 Å². The Hall–Kier alpha value is -0.940. The maximum absolute atomic E-state index is 3.99. The van der Waals surface area contributed by atoms with Crippen LogP contribution in [-0.2, 0) is 13.6 Å². The van der Waals surface area contributed by atoms with E-state index in [-0.39, 0.29) is 0 Å². The van der Waals surface area contributed by atoms with E-state index in [1.54, 1.807) is 0 Å². The summed E-state index contributed by atoms with van der Waals surface area (Å²) in [5, 5.41) is 11.4. The average molecular weight is 235 g/mol. The van der Waals surface area contributed by atoms with Gasteiger partial charge in [0, 0.05) is 20.1 Å². The van der Waals surface area contributed by atoms with Crippen LogP contribution in [0.1, 0.15) is 25.0 Å². The second-order valence-electron chi connectivity index (χ2n) is 5.56. The molecule has 1 aromatic rings. The molecular weight excluding hydrogens is 214 g/mol. The van der Waals surface area contributed by atoms with E-state index in [9.17, 15) is 0 Å². The van der Waals surface area contributed by atoms with Crippen molar-refractivity contribution in [3.8, 4) is 0 Å². The number of aromatic nitrogens is 3. The summed E-state index contributed by atoms with van der Waals surface area (Å²) in [5.41, 5.74) is 1.81. The quantitative estimate of drug-likeness (QED) is 0.805. The van der Waals surface area contributed by atoms with Crippen LogP contribution >= 0.6 is 0 Å². The van der Waals surface area contributed by atoms with E-state index in [1.165, 1.54) is 51.1 Å². The fourth-order valence-corrected chi connectivity index (χ4v) is 3.21. The van der Waals surface area contributed by atoms with Gasteiger partial charge in [0.1, 0.15) is 0 Å². The zero-order valence-electron chi connectivity index (χ0n) is 10.5. The zero-order chi connectivity index (χ0) is 11.7. The van der Waals surface area contributed by atoms with Gasteiger partial charge < -0.3 is 5.32 Å². The molecule has 2 aliphatic rings. The highest BCUT2D eigenvalue weighted by atomic mass is 15.4. The Kier molecular flexibility index (Phi) is 2.88. The van der Waals surface area contributed by atoms with E-state index in [1.807, 2.05) is 17.9 Å². The SMILES string of the molecule is Cn1nncc1CN1CCC2(CCNCC2)C1. The topological polar surface area (TPSA) is 46.0 Å². The minimum absolute atomic E-state index is 0.595. The molecule has 94 valence electrons. The summed E-state index contributed by atoms with van der Waals surface area (Å²) < 4.78 is 1.88. The second-order valence-corrected chi connectivity index (χ2v) is 5.56. The van der Waals surface area contributed by atoms with Crippen LogP contribution in [-0.4, -0.2) is 46.1 Å². The summed E-state index contributed by atoms with van der Waals surface area (Å²) in [6, 6.07) is 0. The third-order valence-electron chi connectivity index (χ3n) is 4.38. The van der Waals surface area contributed by atoms with Crippen molar-refractivity contribution in [1.82, 2.24) is 25.2 Å². The van der Waals surface area contributed by atoms with Crippen molar-refractivity contribution >= 4 is 0 Å². The first-order valence-electron chi connectivity index (χ1n) is 6.54. The van der Waals surface area contributed by atoms with Crippen molar-refractivity contribution < 1.29 is 0 Å². The lowest BCUT2D eigenvalue weighted by molar-refractivity contribution is 0.192. The van der Waals surface area contributed by atoms with E-state index >= 15 is 0 Å². The molecule has 3 heterocycles. The molecule has 0 radical (unpaired) electrons. The van der Waals surface area contributed by atoms with Gasteiger partial charge in [-0.15, -0.1) is 5.10 Å². The van der Waals surface area contributed by atoms with Gasteiger partial charge in [0.05, 0.1) is 11.9 Å². The van der Waals surface area contributed by atoms with Gasteiger partial charge in [-0.2, -0.15) is 0 Å². The van der Waals surface area contributed by atoms with Crippen LogP contribution < -0.4 is 5.32 Å². The monoisotopic (exact) mass is 235 g/mol. The van der Waals surface area contributed by atoms with E-state index in [0.717, 1.165) is 6.54 Å². The van der Waals surface area contributed by atoms with E-state index < -0.39 is 0 Å². The summed E-state index contributed by atoms with van der Waals surface area (Å²) >= 11 is 0. The summed E-state index contributed by atoms with van der Waals surface area (Å²) in [5.74, 6) is 0. The van der Waals surface area contributed by atoms with Crippen molar-refractivity contribution in [2.75, 3.05) is 26.2 Å². The van der Waals surface area contributed by atoms with Gasteiger partial charge in [-0.3, -0.25) is 9.58 Å². The normalized spacial score (nSPS) is 24.5. The molecule has 3 rings (SSSR count). The van der Waals surface area contributed by atoms with Crippen LogP contribution in [0.2, 0.25) is 0 Å². The molecule has 2 aliphatic heterocycles. The minimum Gasteiger partial charge on any atom is -0.317 e. The zero-order valence-corrected chi connectivity index (χ0v) is 10.5. The van der Waals surface area contributed by atoms with Crippen LogP contribution in [0.3, 0.4) is 0 Å². The Morgan fingerprint density at radius 3 is 2.88 bits per heavy atom. The van der Waals surface area contributed by atoms with Gasteiger partial charge in [-0.05, 0) is 44.3 Å². The van der Waals surface area contributed by atoms with Crippen LogP contribution in [0.4, 0.5) is 0 Å². The van der Waals surface area contributed by atoms with Crippen LogP contribution in [0.15, 0.2) is 6.20 Å². The lowest BCUT2D eigenvalue weighted by Crippen LogP contribution is -2.38. The molecule has 2 saturated heterocycles. The molecule has 5 heteroatoms. The lowest BCUT2D eigenvalue weighted by atomic mass is 9.78. The fourth-order valence-electron chi connectivity index (χ4n) is 3.21. The van der Waals surface area contributed by atoms with Crippen molar-refractivity contribution in [1.29, 1.82) is 0 Å². The molecule has 0 aliphatic carbocycles. The molecule has 0 aromatic carbocycles. The van der Waals surface area contributed by atoms with E-state index in [2.05, 4.69) is 20.5 Å². The summed E-state index contributed by atoms with van der Waals surface area (Å²) in [4.78, 5) is 2.56. The van der Waals surface area contributed by atoms with Gasteiger partial charge in [0.25, 0.3) is 0 Å². The Balaban J connectivity index is 1.62. The first kappa shape index (κ1) is 11.2. The molecule has 0 unspecified atom stereocenters. The first-order chi connectivity index (χ1) is 8.27. The number of likely N-dealkylation sites (tertiary alicyclic amines) is 1. The Labute approximate surface area is 102 Å². The number of rotatable bonds is 2. The molecule has 0 saturated carbocycles. The third kappa shape index (κ3) is 2.21. The number of hydrogen-bond donors (Lipinski definition) is 1. The maximum Gasteiger partial charge on any atom is 0.0738 e. The molecule has 0 atom stereocenters. The summed E-state index contributed by atoms with van der Waals surface area (Å²) in [7, 11) is 1.97. The molecule has 2 fully saturated rings. The predicted octanol–water partition coefficient (Wildman–Crippen LogP) is 0.391. The van der Waals surface area contributed by atoms with Crippen molar-refractivity contribution in [2.24, 2.45) is 12.5 Å². The average Bonchev–Trinajstić information content (AvgIpc) is 2.90. The third-order valence-corrected chi connectivity index (χ3v) is 4.38. The molecule has 0 amide bonds. The summed E-state index contributed by atoms with van der Waals surface area (Å²) in [6.07, 6.45) is 5.92. The molecule has 5 nitrogen and oxygen atoms in total. The highest BCUT2D eigenvalue weighted by molar-refractivity contribution is 4.98. The van der Waals surface area contributed by atoms with Crippen LogP contribution in [0.5, 0.6) is 0 Å². The fraction of sp³-hybridized carbons (Fsp3) is 0.833. The largest absolute Gasteiger partial charge is 0.317 e. The number of nitrogens with zero attached hydrogens (tertiary/aromatic N) is 4. The van der Waals surface area contributed by atoms with Gasteiger partial charge in [-0.25, -0.2) is 0 Å². The maximum atomic E-state index is 3.99. The van der Waals surface area contributed by atoms with Crippen molar-refractivity contribution in [3.63, 3.8) is 0 Å². The van der Waals surface area contributed by atoms with Crippen molar-refractivity contribution in [2.45, 2.75) is 25.8 Å². The smallest absolute Gasteiger partial charge is 0.0738 e. The Bertz CT molecular complexity index is 380. The first-order valence-corrected chi connectivity index (χ1v) is 6.54. The number of hydrogen-bond acceptors (Lipinski definition) is 4. The standard InChI is InChI=1S/C12H21N5/c1-16-11(8-14-15-16)9-17-7-4-12(10-17)2-5-13-6-3-12/h8,13H,2-7,9-10H2,1H3. The molecule has 1 aromatic heterocycles. The predicted molar refractivity (Wildman–Crippen MR) is 65.4 cm³/mol. The van der Waals surface area contributed by atoms with Gasteiger partial charge in [0.15, 0.2) is 0 Å². The highest BCUT2D eigenvalue weighted by Gasteiger charge is 2.38. The highest BCUT2D eigenvalue weighted by Crippen LogP contribution is 2.38. The Morgan fingerprint density at radius 2 is 2.18 bits per heavy atom. The minimum atomic E-state index is 0.595. The van der Waals surface area contributed by atoms with Gasteiger partial charge in [-0.1, -0.05) is 5.21 Å². The lowest BCUT2D eigenvalue weighted by Gasteiger charge is -2.33. The van der Waals surface area contributed by atoms with E-state index in [0.29, 0.717) is 5.41 Å². The number of aryl methyl sites for hydroxylation is 1. The van der Waals surface area contributed by atoms with Crippen LogP contribution in [0.25, 0.3) is 0 Å². The number of piperidine rings is 1. The molecule has 1 spiro atoms. The van der Waals surface area contributed by atoms with Gasteiger partial charge in [0.2, 0.25) is 0 Å². The van der Waals surface area contributed by atoms with Crippen LogP contribution in [0, 0.1) is 5.41 Å². The van der Waals surface area contributed by atoms with Gasteiger partial charge >= 0.3 is 0 Å². The molecule has 0 bridgehead atoms. The molecule has 1 N–H and O–H groups in total. The number of nitrogens with one attached hydrogen (secondary N) is 1.